The summed E-state index contributed by atoms with van der Waals surface area (Å²) >= 11 is 6.07. The predicted molar refractivity (Wildman–Crippen MR) is 91.8 cm³/mol. The number of nitrogens with zero attached hydrogens (tertiary/aromatic N) is 1. The molecule has 3 atom stereocenters. The van der Waals surface area contributed by atoms with Gasteiger partial charge < -0.3 is 15.4 Å². The van der Waals surface area contributed by atoms with Crippen molar-refractivity contribution in [2.24, 2.45) is 5.73 Å². The van der Waals surface area contributed by atoms with E-state index in [2.05, 4.69) is 0 Å². The van der Waals surface area contributed by atoms with Crippen molar-refractivity contribution in [2.45, 2.75) is 51.3 Å². The smallest absolute Gasteiger partial charge is 0.263 e. The number of benzene rings is 1. The van der Waals surface area contributed by atoms with Crippen LogP contribution in [0.3, 0.4) is 0 Å². The molecule has 0 radical (unpaired) electrons. The maximum atomic E-state index is 12.6. The van der Waals surface area contributed by atoms with Crippen LogP contribution < -0.4 is 10.5 Å². The Morgan fingerprint density at radius 2 is 2.05 bits per heavy atom. The molecule has 6 heteroatoms. The number of likely N-dealkylation sites (tertiary alicyclic amines) is 1. The van der Waals surface area contributed by atoms with Crippen LogP contribution in [0.2, 0.25) is 5.02 Å². The van der Waals surface area contributed by atoms with E-state index in [-0.39, 0.29) is 30.4 Å². The number of nitrogens with two attached hydrogens (primary N) is 1. The zero-order valence-corrected chi connectivity index (χ0v) is 14.6. The molecule has 1 aliphatic rings. The molecule has 1 fully saturated rings. The van der Waals surface area contributed by atoms with Crippen molar-refractivity contribution in [1.82, 2.24) is 4.90 Å². The molecule has 22 heavy (non-hydrogen) atoms. The minimum Gasteiger partial charge on any atom is -0.479 e. The second-order valence-corrected chi connectivity index (χ2v) is 6.05. The molecule has 1 aromatic carbocycles. The first kappa shape index (κ1) is 19.1. The number of carbonyl (C=O) groups is 1. The molecule has 0 saturated carbocycles. The summed E-state index contributed by atoms with van der Waals surface area (Å²) in [6, 6.07) is 7.26. The van der Waals surface area contributed by atoms with E-state index < -0.39 is 6.10 Å². The van der Waals surface area contributed by atoms with Crippen molar-refractivity contribution in [2.75, 3.05) is 6.54 Å². The Morgan fingerprint density at radius 3 is 2.68 bits per heavy atom. The highest BCUT2D eigenvalue weighted by atomic mass is 35.5. The van der Waals surface area contributed by atoms with E-state index in [9.17, 15) is 4.79 Å². The van der Waals surface area contributed by atoms with Crippen LogP contribution in [0.4, 0.5) is 0 Å². The van der Waals surface area contributed by atoms with E-state index in [0.717, 1.165) is 25.8 Å². The Kier molecular flexibility index (Phi) is 7.46. The van der Waals surface area contributed by atoms with Gasteiger partial charge in [-0.3, -0.25) is 4.79 Å². The molecule has 1 saturated heterocycles. The SMILES string of the molecule is CC(Oc1ccccc1Cl)C(=O)N1CCCCC1C(C)N.Cl. The molecule has 2 rings (SSSR count). The van der Waals surface area contributed by atoms with Crippen LogP contribution in [0.15, 0.2) is 24.3 Å². The maximum absolute atomic E-state index is 12.6. The Bertz CT molecular complexity index is 497. The lowest BCUT2D eigenvalue weighted by atomic mass is 9.96. The largest absolute Gasteiger partial charge is 0.479 e. The Labute approximate surface area is 143 Å². The van der Waals surface area contributed by atoms with Crippen molar-refractivity contribution in [3.63, 3.8) is 0 Å². The summed E-state index contributed by atoms with van der Waals surface area (Å²) in [5.41, 5.74) is 6.02. The number of para-hydroxylation sites is 1. The average molecular weight is 347 g/mol. The van der Waals surface area contributed by atoms with E-state index in [0.29, 0.717) is 10.8 Å². The summed E-state index contributed by atoms with van der Waals surface area (Å²) in [5.74, 6) is 0.520. The summed E-state index contributed by atoms with van der Waals surface area (Å²) in [6.45, 7) is 4.47. The van der Waals surface area contributed by atoms with Crippen molar-refractivity contribution < 1.29 is 9.53 Å². The van der Waals surface area contributed by atoms with Gasteiger partial charge >= 0.3 is 0 Å². The van der Waals surface area contributed by atoms with Crippen molar-refractivity contribution >= 4 is 29.9 Å². The number of amides is 1. The van der Waals surface area contributed by atoms with Gasteiger partial charge in [-0.15, -0.1) is 12.4 Å². The normalized spacial score (nSPS) is 20.7. The molecule has 2 N–H and O–H groups in total. The first-order valence-corrected chi connectivity index (χ1v) is 7.85. The highest BCUT2D eigenvalue weighted by Crippen LogP contribution is 2.26. The van der Waals surface area contributed by atoms with E-state index in [1.807, 2.05) is 24.0 Å². The van der Waals surface area contributed by atoms with Gasteiger partial charge in [0.25, 0.3) is 5.91 Å². The molecular formula is C16H24Cl2N2O2. The molecule has 1 amide bonds. The lowest BCUT2D eigenvalue weighted by molar-refractivity contribution is -0.142. The standard InChI is InChI=1S/C16H23ClN2O2.ClH/c1-11(18)14-8-5-6-10-19(14)16(20)12(2)21-15-9-4-3-7-13(15)17;/h3-4,7,9,11-12,14H,5-6,8,10,18H2,1-2H3;1H. The van der Waals surface area contributed by atoms with Crippen LogP contribution in [-0.4, -0.2) is 35.5 Å². The minimum absolute atomic E-state index is 0. The van der Waals surface area contributed by atoms with Crippen LogP contribution in [0, 0.1) is 0 Å². The quantitative estimate of drug-likeness (QED) is 0.910. The van der Waals surface area contributed by atoms with Crippen LogP contribution in [0.1, 0.15) is 33.1 Å². The average Bonchev–Trinajstić information content (AvgIpc) is 2.48. The molecular weight excluding hydrogens is 323 g/mol. The van der Waals surface area contributed by atoms with Crippen LogP contribution >= 0.6 is 24.0 Å². The number of rotatable bonds is 4. The second kappa shape index (κ2) is 8.61. The number of carbonyl (C=O) groups excluding carboxylic acids is 1. The van der Waals surface area contributed by atoms with Crippen LogP contribution in [0.5, 0.6) is 5.75 Å². The number of hydrogen-bond acceptors (Lipinski definition) is 3. The fraction of sp³-hybridized carbons (Fsp3) is 0.562. The third-order valence-electron chi connectivity index (χ3n) is 3.93. The lowest BCUT2D eigenvalue weighted by Crippen LogP contribution is -2.54. The zero-order chi connectivity index (χ0) is 15.4. The first-order valence-electron chi connectivity index (χ1n) is 7.48. The third-order valence-corrected chi connectivity index (χ3v) is 4.24. The Morgan fingerprint density at radius 1 is 1.36 bits per heavy atom. The maximum Gasteiger partial charge on any atom is 0.263 e. The molecule has 4 nitrogen and oxygen atoms in total. The monoisotopic (exact) mass is 346 g/mol. The Hall–Kier alpha value is -0.970. The first-order chi connectivity index (χ1) is 10.0. The molecule has 0 bridgehead atoms. The molecule has 0 aromatic heterocycles. The van der Waals surface area contributed by atoms with Gasteiger partial charge in [-0.25, -0.2) is 0 Å². The molecule has 1 heterocycles. The summed E-state index contributed by atoms with van der Waals surface area (Å²) in [5, 5.41) is 0.513. The van der Waals surface area contributed by atoms with E-state index >= 15 is 0 Å². The molecule has 3 unspecified atom stereocenters. The number of ether oxygens (including phenoxy) is 1. The van der Waals surface area contributed by atoms with Gasteiger partial charge in [0.15, 0.2) is 6.10 Å². The topological polar surface area (TPSA) is 55.6 Å². The highest BCUT2D eigenvalue weighted by Gasteiger charge is 2.32. The zero-order valence-electron chi connectivity index (χ0n) is 13.0. The second-order valence-electron chi connectivity index (χ2n) is 5.64. The van der Waals surface area contributed by atoms with Gasteiger partial charge in [-0.2, -0.15) is 0 Å². The summed E-state index contributed by atoms with van der Waals surface area (Å²) < 4.78 is 5.72. The van der Waals surface area contributed by atoms with Crippen molar-refractivity contribution in [1.29, 1.82) is 0 Å². The van der Waals surface area contributed by atoms with Crippen molar-refractivity contribution in [3.8, 4) is 5.75 Å². The number of halogens is 2. The molecule has 0 aliphatic carbocycles. The number of hydrogen-bond donors (Lipinski definition) is 1. The molecule has 1 aromatic rings. The Balaban J connectivity index is 0.00000242. The summed E-state index contributed by atoms with van der Waals surface area (Å²) in [6.07, 6.45) is 2.54. The van der Waals surface area contributed by atoms with E-state index in [1.54, 1.807) is 19.1 Å². The minimum atomic E-state index is -0.566. The van der Waals surface area contributed by atoms with Gasteiger partial charge in [0.2, 0.25) is 0 Å². The van der Waals surface area contributed by atoms with Gasteiger partial charge in [0, 0.05) is 18.6 Å². The van der Waals surface area contributed by atoms with Crippen LogP contribution in [-0.2, 0) is 4.79 Å². The molecule has 1 aliphatic heterocycles. The van der Waals surface area contributed by atoms with Gasteiger partial charge in [0.05, 0.1) is 5.02 Å². The van der Waals surface area contributed by atoms with Gasteiger partial charge in [-0.1, -0.05) is 23.7 Å². The summed E-state index contributed by atoms with van der Waals surface area (Å²) in [7, 11) is 0. The molecule has 124 valence electrons. The highest BCUT2D eigenvalue weighted by molar-refractivity contribution is 6.32. The van der Waals surface area contributed by atoms with Crippen LogP contribution in [0.25, 0.3) is 0 Å². The fourth-order valence-corrected chi connectivity index (χ4v) is 2.97. The third kappa shape index (κ3) is 4.51. The van der Waals surface area contributed by atoms with Crippen molar-refractivity contribution in [3.05, 3.63) is 29.3 Å². The summed E-state index contributed by atoms with van der Waals surface area (Å²) in [4.78, 5) is 14.5. The number of piperidine rings is 1. The predicted octanol–water partition coefficient (Wildman–Crippen LogP) is 3.26. The van der Waals surface area contributed by atoms with E-state index in [4.69, 9.17) is 22.1 Å². The van der Waals surface area contributed by atoms with E-state index in [1.165, 1.54) is 0 Å². The lowest BCUT2D eigenvalue weighted by Gasteiger charge is -2.39. The fourth-order valence-electron chi connectivity index (χ4n) is 2.79. The van der Waals surface area contributed by atoms with Gasteiger partial charge in [0.1, 0.15) is 5.75 Å². The molecule has 0 spiro atoms. The van der Waals surface area contributed by atoms with Gasteiger partial charge in [-0.05, 0) is 45.2 Å².